The van der Waals surface area contributed by atoms with Crippen molar-refractivity contribution in [3.05, 3.63) is 70.0 Å². The molecule has 186 valence electrons. The summed E-state index contributed by atoms with van der Waals surface area (Å²) in [5.74, 6) is -1.91. The van der Waals surface area contributed by atoms with Gasteiger partial charge in [0.15, 0.2) is 16.6 Å². The van der Waals surface area contributed by atoms with Crippen LogP contribution in [0.4, 0.5) is 5.13 Å². The summed E-state index contributed by atoms with van der Waals surface area (Å²) in [6.45, 7) is 3.47. The number of hydrogen-bond acceptors (Lipinski definition) is 10. The first-order valence-electron chi connectivity index (χ1n) is 10.9. The zero-order valence-electron chi connectivity index (χ0n) is 20.0. The van der Waals surface area contributed by atoms with Crippen LogP contribution >= 0.6 is 11.3 Å². The topological polar surface area (TPSA) is 128 Å². The molecule has 2 aromatic heterocycles. The summed E-state index contributed by atoms with van der Waals surface area (Å²) in [7, 11) is 2.95. The number of amides is 1. The van der Waals surface area contributed by atoms with Gasteiger partial charge in [-0.1, -0.05) is 17.4 Å². The van der Waals surface area contributed by atoms with Crippen molar-refractivity contribution in [3.8, 4) is 11.5 Å². The van der Waals surface area contributed by atoms with Crippen LogP contribution in [0, 0.1) is 6.92 Å². The number of carbonyl (C=O) groups excluding carboxylic acids is 3. The van der Waals surface area contributed by atoms with Crippen molar-refractivity contribution in [1.82, 2.24) is 9.97 Å². The van der Waals surface area contributed by atoms with Gasteiger partial charge in [-0.05, 0) is 43.7 Å². The Morgan fingerprint density at radius 2 is 1.81 bits per heavy atom. The lowest BCUT2D eigenvalue weighted by Crippen LogP contribution is -2.29. The predicted molar refractivity (Wildman–Crippen MR) is 131 cm³/mol. The van der Waals surface area contributed by atoms with E-state index in [0.29, 0.717) is 28.3 Å². The molecule has 3 aromatic rings. The van der Waals surface area contributed by atoms with E-state index in [1.165, 1.54) is 43.6 Å². The van der Waals surface area contributed by atoms with Gasteiger partial charge < -0.3 is 19.3 Å². The van der Waals surface area contributed by atoms with Crippen molar-refractivity contribution in [2.45, 2.75) is 19.9 Å². The minimum absolute atomic E-state index is 0.117. The van der Waals surface area contributed by atoms with Crippen molar-refractivity contribution in [2.24, 2.45) is 0 Å². The van der Waals surface area contributed by atoms with Crippen molar-refractivity contribution in [2.75, 3.05) is 25.7 Å². The van der Waals surface area contributed by atoms with Gasteiger partial charge >= 0.3 is 11.9 Å². The summed E-state index contributed by atoms with van der Waals surface area (Å²) < 4.78 is 15.8. The van der Waals surface area contributed by atoms with Crippen molar-refractivity contribution in [1.29, 1.82) is 0 Å². The summed E-state index contributed by atoms with van der Waals surface area (Å²) in [5.41, 5.74) is 1.00. The molecular weight excluding hydrogens is 486 g/mol. The number of aliphatic hydroxyl groups is 1. The van der Waals surface area contributed by atoms with Crippen molar-refractivity contribution >= 4 is 39.9 Å². The lowest BCUT2D eigenvalue weighted by atomic mass is 9.95. The van der Waals surface area contributed by atoms with E-state index in [1.54, 1.807) is 32.0 Å². The van der Waals surface area contributed by atoms with E-state index in [4.69, 9.17) is 14.2 Å². The molecule has 0 saturated carbocycles. The van der Waals surface area contributed by atoms with E-state index in [2.05, 4.69) is 9.97 Å². The number of aryl methyl sites for hydroxylation is 1. The number of aromatic nitrogens is 2. The summed E-state index contributed by atoms with van der Waals surface area (Å²) in [6, 6.07) is 6.92. The number of anilines is 1. The van der Waals surface area contributed by atoms with Crippen LogP contribution < -0.4 is 14.4 Å². The SMILES string of the molecule is CCOC(=O)c1sc(N2C(=O)C(=O)/C(=C(/O)c3ccncc3)C2c2ccc(OC)c(OC)c2)nc1C. The zero-order valence-corrected chi connectivity index (χ0v) is 20.8. The van der Waals surface area contributed by atoms with E-state index in [0.717, 1.165) is 11.3 Å². The second-order valence-electron chi connectivity index (χ2n) is 7.65. The standard InChI is InChI=1S/C25H23N3O7S/c1-5-35-24(32)22-13(2)27-25(36-22)28-19(15-6-7-16(33-3)17(12-15)34-4)18(21(30)23(28)31)20(29)14-8-10-26-11-9-14/h6-12,19,29H,5H2,1-4H3/b20-18+. The van der Waals surface area contributed by atoms with Crippen LogP contribution in [-0.4, -0.2) is 53.6 Å². The Morgan fingerprint density at radius 3 is 2.44 bits per heavy atom. The maximum absolute atomic E-state index is 13.3. The minimum atomic E-state index is -1.06. The highest BCUT2D eigenvalue weighted by molar-refractivity contribution is 7.17. The Balaban J connectivity index is 1.94. The van der Waals surface area contributed by atoms with Crippen LogP contribution in [0.5, 0.6) is 11.5 Å². The molecule has 0 radical (unpaired) electrons. The number of Topliss-reactive ketones (excluding diaryl/α,β-unsaturated/α-hetero) is 1. The number of thiazole rings is 1. The first-order chi connectivity index (χ1) is 17.3. The summed E-state index contributed by atoms with van der Waals surface area (Å²) in [4.78, 5) is 48.8. The summed E-state index contributed by atoms with van der Waals surface area (Å²) >= 11 is 0.933. The Hall–Kier alpha value is -4.25. The fourth-order valence-corrected chi connectivity index (χ4v) is 4.89. The van der Waals surface area contributed by atoms with Crippen LogP contribution in [-0.2, 0) is 14.3 Å². The summed E-state index contributed by atoms with van der Waals surface area (Å²) in [6.07, 6.45) is 2.93. The molecule has 1 unspecified atom stereocenters. The van der Waals surface area contributed by atoms with Gasteiger partial charge in [0, 0.05) is 18.0 Å². The van der Waals surface area contributed by atoms with Crippen LogP contribution in [0.2, 0.25) is 0 Å². The maximum Gasteiger partial charge on any atom is 0.350 e. The van der Waals surface area contributed by atoms with Gasteiger partial charge in [-0.2, -0.15) is 0 Å². The molecule has 36 heavy (non-hydrogen) atoms. The average molecular weight is 510 g/mol. The molecule has 1 aliphatic heterocycles. The molecule has 1 aliphatic rings. The molecule has 1 N–H and O–H groups in total. The monoisotopic (exact) mass is 509 g/mol. The molecule has 4 rings (SSSR count). The number of hydrogen-bond donors (Lipinski definition) is 1. The summed E-state index contributed by atoms with van der Waals surface area (Å²) in [5, 5.41) is 11.3. The molecule has 1 amide bonds. The molecule has 0 aliphatic carbocycles. The van der Waals surface area contributed by atoms with E-state index >= 15 is 0 Å². The zero-order chi connectivity index (χ0) is 26.0. The lowest BCUT2D eigenvalue weighted by Gasteiger charge is -2.23. The first kappa shape index (κ1) is 24.9. The number of methoxy groups -OCH3 is 2. The quantitative estimate of drug-likeness (QED) is 0.220. The number of pyridine rings is 1. The van der Waals surface area contributed by atoms with Crippen molar-refractivity contribution in [3.63, 3.8) is 0 Å². The molecule has 1 aromatic carbocycles. The van der Waals surface area contributed by atoms with Crippen LogP contribution in [0.3, 0.4) is 0 Å². The van der Waals surface area contributed by atoms with E-state index in [1.807, 2.05) is 0 Å². The first-order valence-corrected chi connectivity index (χ1v) is 11.7. The Morgan fingerprint density at radius 1 is 1.11 bits per heavy atom. The Kier molecular flexibility index (Phi) is 7.02. The Labute approximate surface area is 210 Å². The second-order valence-corrected chi connectivity index (χ2v) is 8.63. The normalized spacial score (nSPS) is 16.8. The van der Waals surface area contributed by atoms with Gasteiger partial charge in [-0.25, -0.2) is 9.78 Å². The molecule has 1 saturated heterocycles. The molecule has 3 heterocycles. The van der Waals surface area contributed by atoms with Crippen LogP contribution in [0.15, 0.2) is 48.3 Å². The third-order valence-electron chi connectivity index (χ3n) is 5.57. The lowest BCUT2D eigenvalue weighted by molar-refractivity contribution is -0.132. The number of ether oxygens (including phenoxy) is 3. The van der Waals surface area contributed by atoms with Gasteiger partial charge in [-0.15, -0.1) is 0 Å². The smallest absolute Gasteiger partial charge is 0.350 e. The average Bonchev–Trinajstić information content (AvgIpc) is 3.40. The maximum atomic E-state index is 13.3. The number of benzene rings is 1. The van der Waals surface area contributed by atoms with Gasteiger partial charge in [0.2, 0.25) is 0 Å². The molecule has 11 heteroatoms. The van der Waals surface area contributed by atoms with E-state index in [-0.39, 0.29) is 27.9 Å². The predicted octanol–water partition coefficient (Wildman–Crippen LogP) is 3.67. The second kappa shape index (κ2) is 10.2. The van der Waals surface area contributed by atoms with Crippen molar-refractivity contribution < 1.29 is 33.7 Å². The minimum Gasteiger partial charge on any atom is -0.507 e. The van der Waals surface area contributed by atoms with Gasteiger partial charge in [0.05, 0.1) is 38.1 Å². The number of aliphatic hydroxyl groups excluding tert-OH is 1. The number of ketones is 1. The number of rotatable bonds is 7. The van der Waals surface area contributed by atoms with Crippen LogP contribution in [0.25, 0.3) is 5.76 Å². The largest absolute Gasteiger partial charge is 0.507 e. The fourth-order valence-electron chi connectivity index (χ4n) is 3.90. The van der Waals surface area contributed by atoms with Gasteiger partial charge in [0.25, 0.3) is 5.78 Å². The molecule has 1 atom stereocenters. The highest BCUT2D eigenvalue weighted by Gasteiger charge is 2.48. The van der Waals surface area contributed by atoms with Gasteiger partial charge in [0.1, 0.15) is 10.6 Å². The Bertz CT molecular complexity index is 1370. The highest BCUT2D eigenvalue weighted by Crippen LogP contribution is 2.45. The molecule has 0 bridgehead atoms. The third-order valence-corrected chi connectivity index (χ3v) is 6.71. The fraction of sp³-hybridized carbons (Fsp3) is 0.240. The van der Waals surface area contributed by atoms with E-state index < -0.39 is 23.7 Å². The van der Waals surface area contributed by atoms with Gasteiger partial charge in [-0.3, -0.25) is 19.5 Å². The van der Waals surface area contributed by atoms with Crippen LogP contribution in [0.1, 0.15) is 39.5 Å². The molecule has 0 spiro atoms. The number of esters is 1. The number of nitrogens with zero attached hydrogens (tertiary/aromatic N) is 3. The number of carbonyl (C=O) groups is 3. The van der Waals surface area contributed by atoms with E-state index in [9.17, 15) is 19.5 Å². The molecule has 10 nitrogen and oxygen atoms in total. The highest BCUT2D eigenvalue weighted by atomic mass is 32.1. The molecular formula is C25H23N3O7S. The third kappa shape index (κ3) is 4.29. The molecule has 1 fully saturated rings.